The van der Waals surface area contributed by atoms with Gasteiger partial charge in [0.15, 0.2) is 0 Å². The number of ether oxygens (including phenoxy) is 2. The van der Waals surface area contributed by atoms with Crippen LogP contribution in [0.15, 0.2) is 0 Å². The van der Waals surface area contributed by atoms with Gasteiger partial charge in [0, 0.05) is 32.3 Å². The molecule has 0 heterocycles. The zero-order chi connectivity index (χ0) is 12.5. The molecule has 1 unspecified atom stereocenters. The van der Waals surface area contributed by atoms with Crippen LogP contribution in [0.3, 0.4) is 0 Å². The van der Waals surface area contributed by atoms with Gasteiger partial charge in [-0.1, -0.05) is 0 Å². The number of hydrogen-bond acceptors (Lipinski definition) is 4. The van der Waals surface area contributed by atoms with E-state index >= 15 is 0 Å². The third-order valence-electron chi connectivity index (χ3n) is 3.33. The van der Waals surface area contributed by atoms with Crippen molar-refractivity contribution in [3.05, 3.63) is 0 Å². The van der Waals surface area contributed by atoms with Gasteiger partial charge in [-0.25, -0.2) is 0 Å². The molecule has 1 atom stereocenters. The quantitative estimate of drug-likeness (QED) is 0.552. The molecule has 1 aliphatic rings. The van der Waals surface area contributed by atoms with E-state index in [4.69, 9.17) is 9.47 Å². The van der Waals surface area contributed by atoms with Crippen LogP contribution in [0.1, 0.15) is 26.2 Å². The lowest BCUT2D eigenvalue weighted by atomic mass is 10.3. The molecule has 0 bridgehead atoms. The fourth-order valence-corrected chi connectivity index (χ4v) is 1.84. The van der Waals surface area contributed by atoms with Gasteiger partial charge < -0.3 is 14.8 Å². The lowest BCUT2D eigenvalue weighted by Crippen LogP contribution is -2.39. The van der Waals surface area contributed by atoms with E-state index in [0.717, 1.165) is 32.2 Å². The van der Waals surface area contributed by atoms with Crippen molar-refractivity contribution in [3.63, 3.8) is 0 Å². The molecule has 102 valence electrons. The molecule has 1 N–H and O–H groups in total. The number of likely N-dealkylation sites (N-methyl/N-ethyl adjacent to an activating group) is 1. The highest BCUT2D eigenvalue weighted by Crippen LogP contribution is 2.26. The van der Waals surface area contributed by atoms with Crippen LogP contribution in [0.25, 0.3) is 0 Å². The van der Waals surface area contributed by atoms with Gasteiger partial charge in [-0.2, -0.15) is 0 Å². The molecule has 1 aliphatic carbocycles. The van der Waals surface area contributed by atoms with Gasteiger partial charge in [-0.15, -0.1) is 0 Å². The second-order valence-corrected chi connectivity index (χ2v) is 4.91. The Morgan fingerprint density at radius 3 is 2.71 bits per heavy atom. The van der Waals surface area contributed by atoms with E-state index in [9.17, 15) is 0 Å². The minimum Gasteiger partial charge on any atom is -0.382 e. The second kappa shape index (κ2) is 8.86. The highest BCUT2D eigenvalue weighted by molar-refractivity contribution is 4.85. The van der Waals surface area contributed by atoms with Gasteiger partial charge in [0.05, 0.1) is 13.2 Å². The summed E-state index contributed by atoms with van der Waals surface area (Å²) in [6.07, 6.45) is 3.84. The van der Waals surface area contributed by atoms with E-state index < -0.39 is 0 Å². The van der Waals surface area contributed by atoms with E-state index in [1.807, 2.05) is 0 Å². The van der Waals surface area contributed by atoms with Crippen LogP contribution in [-0.4, -0.2) is 64.1 Å². The summed E-state index contributed by atoms with van der Waals surface area (Å²) in [5.41, 5.74) is 0. The first kappa shape index (κ1) is 14.9. The molecule has 1 saturated carbocycles. The zero-order valence-corrected chi connectivity index (χ0v) is 11.6. The first-order valence-corrected chi connectivity index (χ1v) is 6.75. The monoisotopic (exact) mass is 244 g/mol. The first-order chi connectivity index (χ1) is 8.25. The van der Waals surface area contributed by atoms with Crippen LogP contribution >= 0.6 is 0 Å². The van der Waals surface area contributed by atoms with Crippen molar-refractivity contribution in [2.75, 3.05) is 47.1 Å². The van der Waals surface area contributed by atoms with Crippen LogP contribution in [0, 0.1) is 0 Å². The molecule has 0 aromatic carbocycles. The summed E-state index contributed by atoms with van der Waals surface area (Å²) < 4.78 is 10.3. The molecular weight excluding hydrogens is 216 g/mol. The summed E-state index contributed by atoms with van der Waals surface area (Å²) >= 11 is 0. The summed E-state index contributed by atoms with van der Waals surface area (Å²) in [6, 6.07) is 1.49. The average Bonchev–Trinajstić information content (AvgIpc) is 3.15. The van der Waals surface area contributed by atoms with Crippen molar-refractivity contribution in [1.29, 1.82) is 0 Å². The van der Waals surface area contributed by atoms with E-state index in [-0.39, 0.29) is 0 Å². The zero-order valence-electron chi connectivity index (χ0n) is 11.6. The molecule has 0 spiro atoms. The predicted molar refractivity (Wildman–Crippen MR) is 70.4 cm³/mol. The number of rotatable bonds is 11. The number of methoxy groups -OCH3 is 1. The highest BCUT2D eigenvalue weighted by Gasteiger charge is 2.28. The van der Waals surface area contributed by atoms with E-state index in [2.05, 4.69) is 24.2 Å². The van der Waals surface area contributed by atoms with E-state index in [1.165, 1.54) is 12.8 Å². The van der Waals surface area contributed by atoms with Gasteiger partial charge in [0.25, 0.3) is 0 Å². The molecule has 0 aliphatic heterocycles. The van der Waals surface area contributed by atoms with Crippen molar-refractivity contribution in [3.8, 4) is 0 Å². The minimum atomic E-state index is 0.636. The molecule has 0 saturated heterocycles. The average molecular weight is 244 g/mol. The molecule has 0 amide bonds. The van der Waals surface area contributed by atoms with Crippen molar-refractivity contribution in [1.82, 2.24) is 10.2 Å². The Morgan fingerprint density at radius 2 is 2.06 bits per heavy atom. The standard InChI is InChI=1S/C13H28N2O2/c1-12(15(2)13-5-6-13)11-14-7-4-8-17-10-9-16-3/h12-14H,4-11H2,1-3H3. The van der Waals surface area contributed by atoms with Crippen molar-refractivity contribution >= 4 is 0 Å². The lowest BCUT2D eigenvalue weighted by Gasteiger charge is -2.24. The second-order valence-electron chi connectivity index (χ2n) is 4.91. The molecule has 0 radical (unpaired) electrons. The molecule has 1 rings (SSSR count). The smallest absolute Gasteiger partial charge is 0.0700 e. The van der Waals surface area contributed by atoms with Crippen molar-refractivity contribution in [2.24, 2.45) is 0 Å². The number of hydrogen-bond donors (Lipinski definition) is 1. The van der Waals surface area contributed by atoms with Gasteiger partial charge >= 0.3 is 0 Å². The summed E-state index contributed by atoms with van der Waals surface area (Å²) in [6.45, 7) is 6.62. The van der Waals surface area contributed by atoms with Gasteiger partial charge in [-0.3, -0.25) is 4.90 Å². The Kier molecular flexibility index (Phi) is 7.77. The largest absolute Gasteiger partial charge is 0.382 e. The van der Waals surface area contributed by atoms with Gasteiger partial charge in [0.2, 0.25) is 0 Å². The Hall–Kier alpha value is -0.160. The van der Waals surface area contributed by atoms with Crippen LogP contribution < -0.4 is 5.32 Å². The molecule has 4 heteroatoms. The maximum atomic E-state index is 5.40. The highest BCUT2D eigenvalue weighted by atomic mass is 16.5. The number of nitrogens with one attached hydrogen (secondary N) is 1. The lowest BCUT2D eigenvalue weighted by molar-refractivity contribution is 0.0693. The summed E-state index contributed by atoms with van der Waals surface area (Å²) in [4.78, 5) is 2.49. The van der Waals surface area contributed by atoms with E-state index in [0.29, 0.717) is 19.3 Å². The maximum absolute atomic E-state index is 5.40. The Morgan fingerprint density at radius 1 is 1.29 bits per heavy atom. The van der Waals surface area contributed by atoms with Gasteiger partial charge in [0.1, 0.15) is 0 Å². The van der Waals surface area contributed by atoms with Crippen LogP contribution in [0.5, 0.6) is 0 Å². The van der Waals surface area contributed by atoms with Crippen LogP contribution in [-0.2, 0) is 9.47 Å². The fraction of sp³-hybridized carbons (Fsp3) is 1.00. The molecule has 1 fully saturated rings. The molecule has 4 nitrogen and oxygen atoms in total. The van der Waals surface area contributed by atoms with Crippen LogP contribution in [0.2, 0.25) is 0 Å². The van der Waals surface area contributed by atoms with Crippen molar-refractivity contribution in [2.45, 2.75) is 38.3 Å². The predicted octanol–water partition coefficient (Wildman–Crippen LogP) is 1.11. The fourth-order valence-electron chi connectivity index (χ4n) is 1.84. The summed E-state index contributed by atoms with van der Waals surface area (Å²) in [7, 11) is 3.93. The molecule has 0 aromatic heterocycles. The Balaban J connectivity index is 1.83. The summed E-state index contributed by atoms with van der Waals surface area (Å²) in [5, 5.41) is 3.49. The minimum absolute atomic E-state index is 0.636. The van der Waals surface area contributed by atoms with Crippen molar-refractivity contribution < 1.29 is 9.47 Å². The number of nitrogens with zero attached hydrogens (tertiary/aromatic N) is 1. The molecular formula is C13H28N2O2. The maximum Gasteiger partial charge on any atom is 0.0700 e. The third kappa shape index (κ3) is 6.99. The first-order valence-electron chi connectivity index (χ1n) is 6.75. The normalized spacial score (nSPS) is 17.6. The molecule has 0 aromatic rings. The summed E-state index contributed by atoms with van der Waals surface area (Å²) in [5.74, 6) is 0. The van der Waals surface area contributed by atoms with Crippen LogP contribution in [0.4, 0.5) is 0 Å². The Labute approximate surface area is 106 Å². The Bertz CT molecular complexity index is 186. The van der Waals surface area contributed by atoms with E-state index in [1.54, 1.807) is 7.11 Å². The third-order valence-corrected chi connectivity index (χ3v) is 3.33. The SMILES string of the molecule is COCCOCCCNCC(C)N(C)C1CC1. The van der Waals surface area contributed by atoms with Gasteiger partial charge in [-0.05, 0) is 39.8 Å². The molecule has 17 heavy (non-hydrogen) atoms. The topological polar surface area (TPSA) is 33.7 Å².